The molecule has 0 amide bonds. The van der Waals surface area contributed by atoms with Crippen molar-refractivity contribution < 1.29 is 19.4 Å². The van der Waals surface area contributed by atoms with Crippen LogP contribution in [0.15, 0.2) is 17.4 Å². The first-order chi connectivity index (χ1) is 6.16. The van der Waals surface area contributed by atoms with E-state index in [1.165, 1.54) is 0 Å². The molecule has 4 nitrogen and oxygen atoms in total. The molecule has 0 heterocycles. The van der Waals surface area contributed by atoms with Gasteiger partial charge in [0.05, 0.1) is 12.7 Å². The maximum atomic E-state index is 10.1. The lowest BCUT2D eigenvalue weighted by Crippen LogP contribution is -1.98. The maximum absolute atomic E-state index is 10.1. The van der Waals surface area contributed by atoms with Crippen molar-refractivity contribution in [1.29, 1.82) is 0 Å². The summed E-state index contributed by atoms with van der Waals surface area (Å²) in [5.74, 6) is -0.989. The van der Waals surface area contributed by atoms with Gasteiger partial charge in [-0.05, 0) is 18.9 Å². The minimum atomic E-state index is -0.989. The predicted molar refractivity (Wildman–Crippen MR) is 47.4 cm³/mol. The number of carboxylic acid groups (broad SMARTS) is 1. The third-order valence-electron chi connectivity index (χ3n) is 1.26. The second-order valence-electron chi connectivity index (χ2n) is 2.47. The maximum Gasteiger partial charge on any atom is 0.336 e. The highest BCUT2D eigenvalue weighted by atomic mass is 16.7. The van der Waals surface area contributed by atoms with Crippen molar-refractivity contribution in [3.8, 4) is 0 Å². The molecule has 1 N–H and O–H groups in total. The lowest BCUT2D eigenvalue weighted by atomic mass is 10.2. The van der Waals surface area contributed by atoms with Crippen LogP contribution in [-0.2, 0) is 14.3 Å². The van der Waals surface area contributed by atoms with E-state index in [1.54, 1.807) is 14.0 Å². The Labute approximate surface area is 77.5 Å². The molecule has 0 aromatic carbocycles. The minimum Gasteiger partial charge on any atom is -0.478 e. The molecular formula is C9H14O4. The fourth-order valence-corrected chi connectivity index (χ4v) is 0.625. The van der Waals surface area contributed by atoms with E-state index in [1.807, 2.05) is 0 Å². The summed E-state index contributed by atoms with van der Waals surface area (Å²) in [6.45, 7) is 2.58. The smallest absolute Gasteiger partial charge is 0.336 e. The van der Waals surface area contributed by atoms with Crippen molar-refractivity contribution in [2.24, 2.45) is 0 Å². The monoisotopic (exact) mass is 186 g/mol. The first kappa shape index (κ1) is 11.9. The fraction of sp³-hybridized carbons (Fsp3) is 0.556. The van der Waals surface area contributed by atoms with Crippen LogP contribution in [0.2, 0.25) is 0 Å². The Balaban J connectivity index is 3.67. The minimum absolute atomic E-state index is 0.260. The zero-order valence-corrected chi connectivity index (χ0v) is 7.87. The van der Waals surface area contributed by atoms with Gasteiger partial charge in [-0.2, -0.15) is 0 Å². The average Bonchev–Trinajstić information content (AvgIpc) is 2.09. The lowest BCUT2D eigenvalue weighted by Gasteiger charge is -2.00. The van der Waals surface area contributed by atoms with Crippen molar-refractivity contribution in [3.05, 3.63) is 17.4 Å². The van der Waals surface area contributed by atoms with E-state index in [0.717, 1.165) is 11.6 Å². The second kappa shape index (κ2) is 7.55. The van der Waals surface area contributed by atoms with E-state index in [9.17, 15) is 4.79 Å². The molecular weight excluding hydrogens is 172 g/mol. The van der Waals surface area contributed by atoms with Gasteiger partial charge in [0.2, 0.25) is 0 Å². The summed E-state index contributed by atoms with van der Waals surface area (Å²) in [5.41, 5.74) is 3.48. The number of carbonyl (C=O) groups is 1. The average molecular weight is 186 g/mol. The number of hydrogen-bond acceptors (Lipinski definition) is 3. The first-order valence-electron chi connectivity index (χ1n) is 3.88. The number of ether oxygens (including phenoxy) is 2. The van der Waals surface area contributed by atoms with Crippen LogP contribution in [0.4, 0.5) is 0 Å². The van der Waals surface area contributed by atoms with Gasteiger partial charge in [-0.15, -0.1) is 5.73 Å². The van der Waals surface area contributed by atoms with E-state index >= 15 is 0 Å². The van der Waals surface area contributed by atoms with Crippen molar-refractivity contribution in [2.45, 2.75) is 13.3 Å². The zero-order chi connectivity index (χ0) is 10.1. The van der Waals surface area contributed by atoms with Crippen molar-refractivity contribution in [1.82, 2.24) is 0 Å². The summed E-state index contributed by atoms with van der Waals surface area (Å²) >= 11 is 0. The standard InChI is InChI=1S/C9H14O4/c1-8(3-4-9(10)11)5-6-13-7-12-2/h4H,5-7H2,1-2H3,(H,10,11). The summed E-state index contributed by atoms with van der Waals surface area (Å²) in [6.07, 6.45) is 1.65. The predicted octanol–water partition coefficient (Wildman–Crippen LogP) is 1.18. The molecule has 0 aliphatic rings. The SMILES string of the molecule is COCOCCC(C)=C=CC(=O)O. The molecule has 0 saturated heterocycles. The molecule has 0 unspecified atom stereocenters. The lowest BCUT2D eigenvalue weighted by molar-refractivity contribution is -0.131. The Morgan fingerprint density at radius 1 is 1.62 bits per heavy atom. The summed E-state index contributed by atoms with van der Waals surface area (Å²) in [6, 6.07) is 0. The second-order valence-corrected chi connectivity index (χ2v) is 2.47. The third kappa shape index (κ3) is 8.82. The molecule has 4 heteroatoms. The van der Waals surface area contributed by atoms with E-state index in [2.05, 4.69) is 10.5 Å². The van der Waals surface area contributed by atoms with Gasteiger partial charge in [-0.1, -0.05) is 0 Å². The zero-order valence-electron chi connectivity index (χ0n) is 7.87. The Hall–Kier alpha value is -1.09. The van der Waals surface area contributed by atoms with Gasteiger partial charge in [-0.3, -0.25) is 0 Å². The van der Waals surface area contributed by atoms with E-state index in [0.29, 0.717) is 13.0 Å². The molecule has 0 aromatic rings. The molecule has 0 bridgehead atoms. The molecule has 0 saturated carbocycles. The molecule has 13 heavy (non-hydrogen) atoms. The van der Waals surface area contributed by atoms with Crippen LogP contribution >= 0.6 is 0 Å². The van der Waals surface area contributed by atoms with Gasteiger partial charge >= 0.3 is 5.97 Å². The normalized spacial score (nSPS) is 9.08. The van der Waals surface area contributed by atoms with Gasteiger partial charge in [0.15, 0.2) is 0 Å². The Bertz CT molecular complexity index is 214. The number of methoxy groups -OCH3 is 1. The largest absolute Gasteiger partial charge is 0.478 e. The molecule has 74 valence electrons. The number of hydrogen-bond donors (Lipinski definition) is 1. The Morgan fingerprint density at radius 3 is 2.85 bits per heavy atom. The topological polar surface area (TPSA) is 55.8 Å². The van der Waals surface area contributed by atoms with Crippen molar-refractivity contribution in [3.63, 3.8) is 0 Å². The molecule has 0 fully saturated rings. The van der Waals surface area contributed by atoms with Crippen molar-refractivity contribution >= 4 is 5.97 Å². The Kier molecular flexibility index (Phi) is 6.92. The summed E-state index contributed by atoms with van der Waals surface area (Å²) in [4.78, 5) is 10.1. The Morgan fingerprint density at radius 2 is 2.31 bits per heavy atom. The fourth-order valence-electron chi connectivity index (χ4n) is 0.625. The summed E-state index contributed by atoms with van der Waals surface area (Å²) < 4.78 is 9.68. The van der Waals surface area contributed by atoms with E-state index < -0.39 is 5.97 Å². The van der Waals surface area contributed by atoms with E-state index in [4.69, 9.17) is 9.84 Å². The molecule has 0 atom stereocenters. The molecule has 0 aliphatic carbocycles. The number of aliphatic carboxylic acids is 1. The highest BCUT2D eigenvalue weighted by Crippen LogP contribution is 1.97. The van der Waals surface area contributed by atoms with Crippen LogP contribution in [0.1, 0.15) is 13.3 Å². The van der Waals surface area contributed by atoms with Gasteiger partial charge in [0.1, 0.15) is 6.79 Å². The highest BCUT2D eigenvalue weighted by Gasteiger charge is 1.90. The molecule has 0 radical (unpaired) electrons. The number of carboxylic acids is 1. The molecule has 0 spiro atoms. The van der Waals surface area contributed by atoms with Crippen molar-refractivity contribution in [2.75, 3.05) is 20.5 Å². The van der Waals surface area contributed by atoms with Crippen LogP contribution in [0.3, 0.4) is 0 Å². The summed E-state index contributed by atoms with van der Waals surface area (Å²) in [7, 11) is 1.55. The quantitative estimate of drug-likeness (QED) is 0.293. The first-order valence-corrected chi connectivity index (χ1v) is 3.88. The van der Waals surface area contributed by atoms with Gasteiger partial charge in [0, 0.05) is 7.11 Å². The van der Waals surface area contributed by atoms with E-state index in [-0.39, 0.29) is 6.79 Å². The van der Waals surface area contributed by atoms with Crippen LogP contribution in [0.25, 0.3) is 0 Å². The third-order valence-corrected chi connectivity index (χ3v) is 1.26. The van der Waals surface area contributed by atoms with Gasteiger partial charge in [-0.25, -0.2) is 4.79 Å². The number of rotatable bonds is 6. The van der Waals surface area contributed by atoms with Crippen LogP contribution in [-0.4, -0.2) is 31.6 Å². The van der Waals surface area contributed by atoms with Crippen LogP contribution < -0.4 is 0 Å². The highest BCUT2D eigenvalue weighted by molar-refractivity contribution is 5.79. The summed E-state index contributed by atoms with van der Waals surface area (Å²) in [5, 5.41) is 8.29. The molecule has 0 aromatic heterocycles. The van der Waals surface area contributed by atoms with Gasteiger partial charge in [0.25, 0.3) is 0 Å². The van der Waals surface area contributed by atoms with Gasteiger partial charge < -0.3 is 14.6 Å². The van der Waals surface area contributed by atoms with Crippen LogP contribution in [0, 0.1) is 0 Å². The molecule has 0 aliphatic heterocycles. The van der Waals surface area contributed by atoms with Crippen LogP contribution in [0.5, 0.6) is 0 Å². The molecule has 0 rings (SSSR count).